The van der Waals surface area contributed by atoms with Crippen LogP contribution >= 0.6 is 0 Å². The molecule has 0 saturated carbocycles. The number of hydrogen-bond donors (Lipinski definition) is 3. The quantitative estimate of drug-likeness (QED) is 0.610. The number of aliphatic hydroxyl groups is 1. The fraction of sp³-hybridized carbons (Fsp3) is 0.364. The first kappa shape index (κ1) is 11.5. The first-order valence-corrected chi connectivity index (χ1v) is 5.01. The molecule has 1 aromatic rings. The van der Waals surface area contributed by atoms with Gasteiger partial charge in [-0.25, -0.2) is 4.79 Å². The summed E-state index contributed by atoms with van der Waals surface area (Å²) < 4.78 is 0. The number of anilines is 1. The van der Waals surface area contributed by atoms with Gasteiger partial charge >= 0.3 is 6.03 Å². The van der Waals surface area contributed by atoms with Crippen molar-refractivity contribution >= 4 is 11.7 Å². The minimum absolute atomic E-state index is 0.385. The van der Waals surface area contributed by atoms with Gasteiger partial charge in [0.15, 0.2) is 5.72 Å². The Hall–Kier alpha value is -1.55. The minimum Gasteiger partial charge on any atom is -0.367 e. The van der Waals surface area contributed by atoms with Crippen LogP contribution in [0.4, 0.5) is 10.5 Å². The molecule has 1 unspecified atom stereocenters. The molecule has 15 heavy (non-hydrogen) atoms. The Bertz CT molecular complexity index is 361. The van der Waals surface area contributed by atoms with Gasteiger partial charge in [0.1, 0.15) is 0 Å². The molecule has 4 nitrogen and oxygen atoms in total. The molecule has 0 radical (unpaired) electrons. The number of urea groups is 1. The summed E-state index contributed by atoms with van der Waals surface area (Å²) in [4.78, 5) is 11.1. The highest BCUT2D eigenvalue weighted by atomic mass is 16.3. The third-order valence-corrected chi connectivity index (χ3v) is 2.06. The third kappa shape index (κ3) is 2.27. The van der Waals surface area contributed by atoms with Crippen LogP contribution in [-0.4, -0.2) is 11.1 Å². The second kappa shape index (κ2) is 4.31. The summed E-state index contributed by atoms with van der Waals surface area (Å²) in [5, 5.41) is 14.8. The first-order chi connectivity index (χ1) is 7.09. The Labute approximate surface area is 89.3 Å². The Balaban J connectivity index is 0.000000531. The van der Waals surface area contributed by atoms with E-state index in [-0.39, 0.29) is 6.03 Å². The van der Waals surface area contributed by atoms with E-state index in [0.717, 1.165) is 0 Å². The van der Waals surface area contributed by atoms with E-state index in [1.54, 1.807) is 25.1 Å². The second-order valence-electron chi connectivity index (χ2n) is 3.20. The number of carbonyl (C=O) groups excluding carboxylic acids is 1. The summed E-state index contributed by atoms with van der Waals surface area (Å²) >= 11 is 0. The van der Waals surface area contributed by atoms with Crippen molar-refractivity contribution in [1.82, 2.24) is 5.32 Å². The Kier molecular flexibility index (Phi) is 3.31. The molecule has 2 amide bonds. The third-order valence-electron chi connectivity index (χ3n) is 2.06. The summed E-state index contributed by atoms with van der Waals surface area (Å²) in [6.45, 7) is 5.55. The van der Waals surface area contributed by atoms with Crippen LogP contribution in [-0.2, 0) is 5.72 Å². The highest BCUT2D eigenvalue weighted by Crippen LogP contribution is 2.28. The number of para-hydroxylation sites is 1. The van der Waals surface area contributed by atoms with E-state index in [0.29, 0.717) is 11.3 Å². The zero-order valence-electron chi connectivity index (χ0n) is 9.16. The lowest BCUT2D eigenvalue weighted by Gasteiger charge is -2.31. The summed E-state index contributed by atoms with van der Waals surface area (Å²) in [7, 11) is 0. The van der Waals surface area contributed by atoms with E-state index in [2.05, 4.69) is 10.6 Å². The molecule has 1 heterocycles. The smallest absolute Gasteiger partial charge is 0.321 e. The van der Waals surface area contributed by atoms with Crippen LogP contribution in [0.5, 0.6) is 0 Å². The molecule has 0 spiro atoms. The van der Waals surface area contributed by atoms with E-state index in [1.165, 1.54) is 0 Å². The lowest BCUT2D eigenvalue weighted by Crippen LogP contribution is -2.49. The second-order valence-corrected chi connectivity index (χ2v) is 3.20. The van der Waals surface area contributed by atoms with Crippen LogP contribution in [0.3, 0.4) is 0 Å². The maximum Gasteiger partial charge on any atom is 0.321 e. The average Bonchev–Trinajstić information content (AvgIpc) is 2.19. The lowest BCUT2D eigenvalue weighted by molar-refractivity contribution is 0.0319. The zero-order chi connectivity index (χ0) is 11.5. The van der Waals surface area contributed by atoms with Crippen molar-refractivity contribution in [2.75, 3.05) is 5.32 Å². The minimum atomic E-state index is -1.28. The topological polar surface area (TPSA) is 61.4 Å². The van der Waals surface area contributed by atoms with Crippen LogP contribution in [0.2, 0.25) is 0 Å². The molecule has 4 heteroatoms. The lowest BCUT2D eigenvalue weighted by atomic mass is 10.0. The molecule has 0 saturated heterocycles. The summed E-state index contributed by atoms with van der Waals surface area (Å²) in [6, 6.07) is 6.75. The molecule has 0 bridgehead atoms. The standard InChI is InChI=1S/C9H10N2O2.C2H6/c1-9(13)6-4-2-3-5-7(6)10-8(12)11-9;1-2/h2-5,13H,1H3,(H2,10,11,12);1-2H3. The van der Waals surface area contributed by atoms with Crippen LogP contribution in [0.25, 0.3) is 0 Å². The van der Waals surface area contributed by atoms with E-state index in [9.17, 15) is 9.90 Å². The molecule has 0 aromatic heterocycles. The number of nitrogens with one attached hydrogen (secondary N) is 2. The molecule has 1 aliphatic rings. The van der Waals surface area contributed by atoms with Crippen molar-refractivity contribution in [2.24, 2.45) is 0 Å². The van der Waals surface area contributed by atoms with Crippen molar-refractivity contribution in [1.29, 1.82) is 0 Å². The molecule has 1 aliphatic heterocycles. The van der Waals surface area contributed by atoms with Gasteiger partial charge in [-0.3, -0.25) is 0 Å². The molecule has 2 rings (SSSR count). The fourth-order valence-corrected chi connectivity index (χ4v) is 1.46. The van der Waals surface area contributed by atoms with Crippen LogP contribution < -0.4 is 10.6 Å². The molecule has 0 fully saturated rings. The average molecular weight is 208 g/mol. The number of rotatable bonds is 0. The maximum absolute atomic E-state index is 11.1. The molecule has 1 atom stereocenters. The number of fused-ring (bicyclic) bond motifs is 1. The van der Waals surface area contributed by atoms with Gasteiger partial charge in [-0.15, -0.1) is 0 Å². The van der Waals surface area contributed by atoms with Crippen LogP contribution in [0, 0.1) is 0 Å². The Morgan fingerprint density at radius 1 is 1.27 bits per heavy atom. The predicted molar refractivity (Wildman–Crippen MR) is 59.5 cm³/mol. The van der Waals surface area contributed by atoms with E-state index in [1.807, 2.05) is 19.9 Å². The van der Waals surface area contributed by atoms with Gasteiger partial charge < -0.3 is 15.7 Å². The molecule has 3 N–H and O–H groups in total. The van der Waals surface area contributed by atoms with E-state index < -0.39 is 5.72 Å². The van der Waals surface area contributed by atoms with Crippen LogP contribution in [0.15, 0.2) is 24.3 Å². The van der Waals surface area contributed by atoms with Gasteiger partial charge in [-0.05, 0) is 13.0 Å². The predicted octanol–water partition coefficient (Wildman–Crippen LogP) is 2.01. The van der Waals surface area contributed by atoms with Gasteiger partial charge in [0.05, 0.1) is 5.69 Å². The molecular formula is C11H16N2O2. The van der Waals surface area contributed by atoms with Crippen LogP contribution in [0.1, 0.15) is 26.3 Å². The summed E-state index contributed by atoms with van der Waals surface area (Å²) in [6.07, 6.45) is 0. The number of benzene rings is 1. The van der Waals surface area contributed by atoms with Crippen molar-refractivity contribution in [2.45, 2.75) is 26.5 Å². The van der Waals surface area contributed by atoms with E-state index >= 15 is 0 Å². The Morgan fingerprint density at radius 3 is 2.53 bits per heavy atom. The zero-order valence-corrected chi connectivity index (χ0v) is 9.16. The van der Waals surface area contributed by atoms with Gasteiger partial charge in [0.2, 0.25) is 0 Å². The van der Waals surface area contributed by atoms with Gasteiger partial charge in [-0.1, -0.05) is 32.0 Å². The Morgan fingerprint density at radius 2 is 1.87 bits per heavy atom. The normalized spacial score (nSPS) is 22.8. The summed E-state index contributed by atoms with van der Waals surface area (Å²) in [5.41, 5.74) is 0.0460. The number of carbonyl (C=O) groups is 1. The molecule has 1 aromatic carbocycles. The monoisotopic (exact) mass is 208 g/mol. The summed E-state index contributed by atoms with van der Waals surface area (Å²) in [5.74, 6) is 0. The SMILES string of the molecule is CC.CC1(O)NC(=O)Nc2ccccc21. The number of hydrogen-bond acceptors (Lipinski definition) is 2. The van der Waals surface area contributed by atoms with Gasteiger partial charge in [-0.2, -0.15) is 0 Å². The molecule has 0 aliphatic carbocycles. The molecule has 82 valence electrons. The van der Waals surface area contributed by atoms with E-state index in [4.69, 9.17) is 0 Å². The number of amides is 2. The van der Waals surface area contributed by atoms with Gasteiger partial charge in [0, 0.05) is 5.56 Å². The maximum atomic E-state index is 11.1. The highest BCUT2D eigenvalue weighted by molar-refractivity contribution is 5.93. The molecular weight excluding hydrogens is 192 g/mol. The van der Waals surface area contributed by atoms with Crippen molar-refractivity contribution in [3.8, 4) is 0 Å². The first-order valence-electron chi connectivity index (χ1n) is 5.01. The van der Waals surface area contributed by atoms with Crippen molar-refractivity contribution in [3.63, 3.8) is 0 Å². The van der Waals surface area contributed by atoms with Gasteiger partial charge in [0.25, 0.3) is 0 Å². The highest BCUT2D eigenvalue weighted by Gasteiger charge is 2.32. The van der Waals surface area contributed by atoms with Crippen molar-refractivity contribution < 1.29 is 9.90 Å². The van der Waals surface area contributed by atoms with Crippen molar-refractivity contribution in [3.05, 3.63) is 29.8 Å². The largest absolute Gasteiger partial charge is 0.367 e. The fourth-order valence-electron chi connectivity index (χ4n) is 1.46.